The Hall–Kier alpha value is -1.62. The summed E-state index contributed by atoms with van der Waals surface area (Å²) in [6.07, 6.45) is 3.46. The normalized spacial score (nSPS) is 10.2. The molecular weight excluding hydrogens is 217 g/mol. The number of halogens is 1. The first kappa shape index (κ1) is 9.92. The second kappa shape index (κ2) is 4.27. The van der Waals surface area contributed by atoms with E-state index in [9.17, 15) is 9.18 Å². The Morgan fingerprint density at radius 1 is 1.47 bits per heavy atom. The van der Waals surface area contributed by atoms with Crippen LogP contribution >= 0.6 is 11.8 Å². The number of carbonyl (C=O) groups excluding carboxylic acids is 1. The average Bonchev–Trinajstić information content (AvgIpc) is 2.74. The Morgan fingerprint density at radius 3 is 3.00 bits per heavy atom. The minimum Gasteiger partial charge on any atom is -0.440 e. The third kappa shape index (κ3) is 2.07. The molecule has 1 aromatic heterocycles. The number of hydrogen-bond donors (Lipinski definition) is 0. The highest BCUT2D eigenvalue weighted by Crippen LogP contribution is 2.30. The zero-order chi connectivity index (χ0) is 10.7. The fourth-order valence-corrected chi connectivity index (χ4v) is 1.87. The van der Waals surface area contributed by atoms with Gasteiger partial charge in [-0.25, -0.2) is 9.37 Å². The van der Waals surface area contributed by atoms with Crippen molar-refractivity contribution in [2.75, 3.05) is 0 Å². The molecule has 1 aromatic carbocycles. The summed E-state index contributed by atoms with van der Waals surface area (Å²) in [5.74, 6) is -0.456. The minimum absolute atomic E-state index is 0.231. The zero-order valence-electron chi connectivity index (χ0n) is 7.51. The lowest BCUT2D eigenvalue weighted by atomic mass is 10.2. The lowest BCUT2D eigenvalue weighted by molar-refractivity contribution is 0.112. The van der Waals surface area contributed by atoms with Crippen LogP contribution in [0.5, 0.6) is 0 Å². The van der Waals surface area contributed by atoms with Crippen molar-refractivity contribution in [3.63, 3.8) is 0 Å². The maximum absolute atomic E-state index is 13.4. The van der Waals surface area contributed by atoms with Crippen LogP contribution in [0.1, 0.15) is 10.4 Å². The van der Waals surface area contributed by atoms with Gasteiger partial charge in [-0.15, -0.1) is 0 Å². The van der Waals surface area contributed by atoms with E-state index >= 15 is 0 Å². The van der Waals surface area contributed by atoms with Crippen LogP contribution in [-0.2, 0) is 0 Å². The molecule has 5 heteroatoms. The van der Waals surface area contributed by atoms with Gasteiger partial charge < -0.3 is 4.42 Å². The summed E-state index contributed by atoms with van der Waals surface area (Å²) in [5, 5.41) is 0.309. The Bertz CT molecular complexity index is 470. The first-order valence-corrected chi connectivity index (χ1v) is 4.94. The van der Waals surface area contributed by atoms with Gasteiger partial charge in [-0.1, -0.05) is 12.1 Å². The van der Waals surface area contributed by atoms with Gasteiger partial charge >= 0.3 is 0 Å². The molecule has 0 aliphatic carbocycles. The van der Waals surface area contributed by atoms with Crippen molar-refractivity contribution in [1.82, 2.24) is 4.98 Å². The molecule has 0 fully saturated rings. The van der Waals surface area contributed by atoms with Gasteiger partial charge in [0.2, 0.25) is 0 Å². The molecule has 0 bridgehead atoms. The van der Waals surface area contributed by atoms with Crippen LogP contribution in [0.3, 0.4) is 0 Å². The number of oxazole rings is 1. The first-order chi connectivity index (χ1) is 7.31. The van der Waals surface area contributed by atoms with Crippen molar-refractivity contribution < 1.29 is 13.6 Å². The fourth-order valence-electron chi connectivity index (χ4n) is 1.07. The van der Waals surface area contributed by atoms with E-state index in [0.29, 0.717) is 17.1 Å². The van der Waals surface area contributed by atoms with Crippen LogP contribution < -0.4 is 0 Å². The Balaban J connectivity index is 2.38. The molecule has 2 rings (SSSR count). The van der Waals surface area contributed by atoms with E-state index in [-0.39, 0.29) is 4.90 Å². The number of aromatic nitrogens is 1. The molecule has 0 radical (unpaired) electrons. The summed E-state index contributed by atoms with van der Waals surface area (Å²) >= 11 is 0.988. The van der Waals surface area contributed by atoms with Crippen molar-refractivity contribution in [1.29, 1.82) is 0 Å². The van der Waals surface area contributed by atoms with Crippen molar-refractivity contribution in [2.24, 2.45) is 0 Å². The number of nitrogens with zero attached hydrogens (tertiary/aromatic N) is 1. The largest absolute Gasteiger partial charge is 0.440 e. The van der Waals surface area contributed by atoms with Crippen LogP contribution in [0, 0.1) is 5.82 Å². The lowest BCUT2D eigenvalue weighted by Crippen LogP contribution is -1.89. The maximum Gasteiger partial charge on any atom is 0.260 e. The van der Waals surface area contributed by atoms with Crippen molar-refractivity contribution in [3.05, 3.63) is 42.0 Å². The molecule has 0 saturated heterocycles. The Morgan fingerprint density at radius 2 is 2.33 bits per heavy atom. The third-order valence-electron chi connectivity index (χ3n) is 1.72. The molecule has 76 valence electrons. The minimum atomic E-state index is -0.456. The SMILES string of the molecule is O=Cc1cccc(F)c1Sc1ncco1. The van der Waals surface area contributed by atoms with E-state index in [2.05, 4.69) is 4.98 Å². The maximum atomic E-state index is 13.4. The molecule has 0 atom stereocenters. The summed E-state index contributed by atoms with van der Waals surface area (Å²) < 4.78 is 18.3. The molecule has 2 aromatic rings. The highest BCUT2D eigenvalue weighted by molar-refractivity contribution is 7.99. The van der Waals surface area contributed by atoms with E-state index in [1.54, 1.807) is 6.07 Å². The number of rotatable bonds is 3. The highest BCUT2D eigenvalue weighted by atomic mass is 32.2. The molecule has 0 unspecified atom stereocenters. The van der Waals surface area contributed by atoms with Crippen LogP contribution in [0.25, 0.3) is 0 Å². The Kier molecular flexibility index (Phi) is 2.82. The predicted octanol–water partition coefficient (Wildman–Crippen LogP) is 2.78. The average molecular weight is 223 g/mol. The van der Waals surface area contributed by atoms with Gasteiger partial charge in [0.1, 0.15) is 12.1 Å². The number of carbonyl (C=O) groups is 1. The summed E-state index contributed by atoms with van der Waals surface area (Å²) in [7, 11) is 0. The molecular formula is C10H6FNO2S. The predicted molar refractivity (Wildman–Crippen MR) is 52.4 cm³/mol. The van der Waals surface area contributed by atoms with Gasteiger partial charge in [0.15, 0.2) is 6.29 Å². The summed E-state index contributed by atoms with van der Waals surface area (Å²) in [6, 6.07) is 4.32. The van der Waals surface area contributed by atoms with Gasteiger partial charge in [-0.2, -0.15) is 0 Å². The van der Waals surface area contributed by atoms with Gasteiger partial charge in [0.05, 0.1) is 11.1 Å². The summed E-state index contributed by atoms with van der Waals surface area (Å²) in [4.78, 5) is 14.8. The number of benzene rings is 1. The van der Waals surface area contributed by atoms with Crippen molar-refractivity contribution in [3.8, 4) is 0 Å². The number of hydrogen-bond acceptors (Lipinski definition) is 4. The van der Waals surface area contributed by atoms with Crippen LogP contribution in [0.2, 0.25) is 0 Å². The smallest absolute Gasteiger partial charge is 0.260 e. The van der Waals surface area contributed by atoms with Crippen molar-refractivity contribution in [2.45, 2.75) is 10.1 Å². The van der Waals surface area contributed by atoms with Crippen LogP contribution in [0.15, 0.2) is 45.2 Å². The molecule has 0 amide bonds. The van der Waals surface area contributed by atoms with Gasteiger partial charge in [0.25, 0.3) is 5.22 Å². The molecule has 15 heavy (non-hydrogen) atoms. The van der Waals surface area contributed by atoms with Crippen LogP contribution in [0.4, 0.5) is 4.39 Å². The standard InChI is InChI=1S/C10H6FNO2S/c11-8-3-1-2-7(6-13)9(8)15-10-12-4-5-14-10/h1-6H. The number of aldehydes is 1. The lowest BCUT2D eigenvalue weighted by Gasteiger charge is -2.01. The monoisotopic (exact) mass is 223 g/mol. The molecule has 0 aliphatic heterocycles. The topological polar surface area (TPSA) is 43.1 Å². The quantitative estimate of drug-likeness (QED) is 0.750. The molecule has 0 aliphatic rings. The molecule has 1 heterocycles. The molecule has 3 nitrogen and oxygen atoms in total. The van der Waals surface area contributed by atoms with Gasteiger partial charge in [0, 0.05) is 5.56 Å². The van der Waals surface area contributed by atoms with E-state index in [1.165, 1.54) is 24.6 Å². The summed E-state index contributed by atoms with van der Waals surface area (Å²) in [5.41, 5.74) is 0.290. The second-order valence-electron chi connectivity index (χ2n) is 2.68. The van der Waals surface area contributed by atoms with Gasteiger partial charge in [-0.05, 0) is 17.8 Å². The van der Waals surface area contributed by atoms with E-state index in [4.69, 9.17) is 4.42 Å². The van der Waals surface area contributed by atoms with Crippen molar-refractivity contribution >= 4 is 18.0 Å². The van der Waals surface area contributed by atoms with Gasteiger partial charge in [-0.3, -0.25) is 4.79 Å². The van der Waals surface area contributed by atoms with Crippen LogP contribution in [-0.4, -0.2) is 11.3 Å². The molecule has 0 saturated carbocycles. The van der Waals surface area contributed by atoms with E-state index < -0.39 is 5.82 Å². The fraction of sp³-hybridized carbons (Fsp3) is 0. The first-order valence-electron chi connectivity index (χ1n) is 4.12. The van der Waals surface area contributed by atoms with E-state index in [0.717, 1.165) is 11.8 Å². The third-order valence-corrected chi connectivity index (χ3v) is 2.73. The Labute approximate surface area is 89.3 Å². The second-order valence-corrected chi connectivity index (χ2v) is 3.64. The molecule has 0 spiro atoms. The van der Waals surface area contributed by atoms with E-state index in [1.807, 2.05) is 0 Å². The highest BCUT2D eigenvalue weighted by Gasteiger charge is 2.11. The molecule has 0 N–H and O–H groups in total. The summed E-state index contributed by atoms with van der Waals surface area (Å²) in [6.45, 7) is 0. The zero-order valence-corrected chi connectivity index (χ0v) is 8.33.